The van der Waals surface area contributed by atoms with Crippen molar-refractivity contribution < 1.29 is 4.79 Å². The quantitative estimate of drug-likeness (QED) is 0.852. The Labute approximate surface area is 130 Å². The number of hydrogen-bond donors (Lipinski definition) is 0. The molecule has 2 aromatic rings. The number of pyridine rings is 1. The van der Waals surface area contributed by atoms with Crippen LogP contribution in [0.1, 0.15) is 35.5 Å². The van der Waals surface area contributed by atoms with Crippen molar-refractivity contribution in [3.8, 4) is 0 Å². The van der Waals surface area contributed by atoms with Gasteiger partial charge in [0.05, 0.1) is 0 Å². The van der Waals surface area contributed by atoms with Gasteiger partial charge in [0.1, 0.15) is 5.69 Å². The molecule has 0 N–H and O–H groups in total. The zero-order chi connectivity index (χ0) is 15.4. The highest BCUT2D eigenvalue weighted by molar-refractivity contribution is 6.31. The maximum absolute atomic E-state index is 12.7. The van der Waals surface area contributed by atoms with Crippen molar-refractivity contribution in [2.24, 2.45) is 0 Å². The molecule has 3 nitrogen and oxygen atoms in total. The van der Waals surface area contributed by atoms with Gasteiger partial charge in [-0.3, -0.25) is 9.78 Å². The summed E-state index contributed by atoms with van der Waals surface area (Å²) in [7, 11) is 0. The molecule has 0 aliphatic carbocycles. The van der Waals surface area contributed by atoms with Crippen molar-refractivity contribution in [1.29, 1.82) is 0 Å². The summed E-state index contributed by atoms with van der Waals surface area (Å²) in [5, 5.41) is 0.675. The number of carbonyl (C=O) groups is 1. The van der Waals surface area contributed by atoms with Gasteiger partial charge >= 0.3 is 0 Å². The van der Waals surface area contributed by atoms with E-state index in [1.807, 2.05) is 57.2 Å². The van der Waals surface area contributed by atoms with Crippen LogP contribution in [-0.2, 0) is 6.54 Å². The second kappa shape index (κ2) is 6.72. The molecule has 0 unspecified atom stereocenters. The van der Waals surface area contributed by atoms with Crippen molar-refractivity contribution in [3.05, 3.63) is 64.4 Å². The molecule has 0 saturated carbocycles. The van der Waals surface area contributed by atoms with E-state index in [2.05, 4.69) is 4.98 Å². The number of amides is 1. The zero-order valence-electron chi connectivity index (χ0n) is 12.5. The fourth-order valence-electron chi connectivity index (χ4n) is 2.14. The van der Waals surface area contributed by atoms with Crippen molar-refractivity contribution in [2.75, 3.05) is 0 Å². The first-order chi connectivity index (χ1) is 10.0. The summed E-state index contributed by atoms with van der Waals surface area (Å²) >= 11 is 6.20. The largest absolute Gasteiger partial charge is 0.330 e. The van der Waals surface area contributed by atoms with E-state index in [1.54, 1.807) is 11.1 Å². The Balaban J connectivity index is 2.30. The Morgan fingerprint density at radius 3 is 2.57 bits per heavy atom. The van der Waals surface area contributed by atoms with Crippen LogP contribution in [0, 0.1) is 6.92 Å². The summed E-state index contributed by atoms with van der Waals surface area (Å²) in [5.41, 5.74) is 2.32. The summed E-state index contributed by atoms with van der Waals surface area (Å²) in [5.74, 6) is -0.0666. The maximum atomic E-state index is 12.7. The van der Waals surface area contributed by atoms with Crippen LogP contribution in [0.4, 0.5) is 0 Å². The zero-order valence-corrected chi connectivity index (χ0v) is 13.3. The molecule has 1 aromatic heterocycles. The van der Waals surface area contributed by atoms with Crippen molar-refractivity contribution >= 4 is 17.5 Å². The lowest BCUT2D eigenvalue weighted by molar-refractivity contribution is 0.0683. The highest BCUT2D eigenvalue weighted by Gasteiger charge is 2.22. The number of aromatic nitrogens is 1. The van der Waals surface area contributed by atoms with E-state index >= 15 is 0 Å². The average Bonchev–Trinajstić information content (AvgIpc) is 2.46. The number of aryl methyl sites for hydroxylation is 1. The summed E-state index contributed by atoms with van der Waals surface area (Å²) in [6, 6.07) is 11.4. The Morgan fingerprint density at radius 2 is 1.95 bits per heavy atom. The maximum Gasteiger partial charge on any atom is 0.273 e. The van der Waals surface area contributed by atoms with E-state index in [0.717, 1.165) is 11.1 Å². The van der Waals surface area contributed by atoms with Gasteiger partial charge in [-0.2, -0.15) is 0 Å². The van der Waals surface area contributed by atoms with E-state index in [9.17, 15) is 4.79 Å². The van der Waals surface area contributed by atoms with Gasteiger partial charge < -0.3 is 4.90 Å². The van der Waals surface area contributed by atoms with Gasteiger partial charge in [0.15, 0.2) is 0 Å². The minimum Gasteiger partial charge on any atom is -0.330 e. The van der Waals surface area contributed by atoms with E-state index in [4.69, 9.17) is 11.6 Å². The molecule has 1 aromatic carbocycles. The molecule has 110 valence electrons. The molecule has 0 bridgehead atoms. The van der Waals surface area contributed by atoms with Crippen LogP contribution in [0.2, 0.25) is 5.02 Å². The van der Waals surface area contributed by atoms with E-state index in [0.29, 0.717) is 17.3 Å². The first kappa shape index (κ1) is 15.5. The van der Waals surface area contributed by atoms with Crippen molar-refractivity contribution in [2.45, 2.75) is 33.4 Å². The van der Waals surface area contributed by atoms with Crippen LogP contribution in [0.25, 0.3) is 0 Å². The predicted molar refractivity (Wildman–Crippen MR) is 85.4 cm³/mol. The Bertz CT molecular complexity index is 640. The summed E-state index contributed by atoms with van der Waals surface area (Å²) < 4.78 is 0. The standard InChI is InChI=1S/C17H19ClN2O/c1-12(2)20(11-14-8-4-5-9-15(14)18)17(21)16-13(3)7-6-10-19-16/h4-10,12H,11H2,1-3H3. The lowest BCUT2D eigenvalue weighted by Crippen LogP contribution is -2.37. The molecule has 0 spiro atoms. The number of benzene rings is 1. The molecule has 0 aliphatic heterocycles. The third-order valence-corrected chi connectivity index (χ3v) is 3.76. The molecule has 21 heavy (non-hydrogen) atoms. The molecule has 1 heterocycles. The topological polar surface area (TPSA) is 33.2 Å². The molecule has 4 heteroatoms. The molecular formula is C17H19ClN2O. The molecule has 0 fully saturated rings. The molecule has 0 atom stereocenters. The Morgan fingerprint density at radius 1 is 1.24 bits per heavy atom. The van der Waals surface area contributed by atoms with Crippen LogP contribution in [0.3, 0.4) is 0 Å². The first-order valence-electron chi connectivity index (χ1n) is 6.96. The van der Waals surface area contributed by atoms with Crippen molar-refractivity contribution in [1.82, 2.24) is 9.88 Å². The first-order valence-corrected chi connectivity index (χ1v) is 7.34. The summed E-state index contributed by atoms with van der Waals surface area (Å²) in [6.07, 6.45) is 1.65. The van der Waals surface area contributed by atoms with Gasteiger partial charge in [-0.15, -0.1) is 0 Å². The van der Waals surface area contributed by atoms with Gasteiger partial charge in [-0.1, -0.05) is 35.9 Å². The minimum absolute atomic E-state index is 0.0650. The van der Waals surface area contributed by atoms with Gasteiger partial charge in [-0.05, 0) is 44.0 Å². The number of rotatable bonds is 4. The monoisotopic (exact) mass is 302 g/mol. The highest BCUT2D eigenvalue weighted by atomic mass is 35.5. The molecule has 0 saturated heterocycles. The fourth-order valence-corrected chi connectivity index (χ4v) is 2.34. The molecular weight excluding hydrogens is 284 g/mol. The number of halogens is 1. The SMILES string of the molecule is Cc1cccnc1C(=O)N(Cc1ccccc1Cl)C(C)C. The third-order valence-electron chi connectivity index (χ3n) is 3.39. The summed E-state index contributed by atoms with van der Waals surface area (Å²) in [4.78, 5) is 18.8. The minimum atomic E-state index is -0.0666. The number of hydrogen-bond acceptors (Lipinski definition) is 2. The molecule has 0 radical (unpaired) electrons. The predicted octanol–water partition coefficient (Wildman–Crippen LogP) is 4.09. The molecule has 2 rings (SSSR count). The van der Waals surface area contributed by atoms with E-state index < -0.39 is 0 Å². The lowest BCUT2D eigenvalue weighted by Gasteiger charge is -2.27. The highest BCUT2D eigenvalue weighted by Crippen LogP contribution is 2.20. The van der Waals surface area contributed by atoms with E-state index in [1.165, 1.54) is 0 Å². The van der Waals surface area contributed by atoms with Crippen LogP contribution in [-0.4, -0.2) is 21.8 Å². The van der Waals surface area contributed by atoms with Gasteiger partial charge in [0.2, 0.25) is 0 Å². The van der Waals surface area contributed by atoms with Gasteiger partial charge in [0, 0.05) is 23.8 Å². The normalized spacial score (nSPS) is 10.7. The van der Waals surface area contributed by atoms with E-state index in [-0.39, 0.29) is 11.9 Å². The fraction of sp³-hybridized carbons (Fsp3) is 0.294. The molecule has 1 amide bonds. The average molecular weight is 303 g/mol. The van der Waals surface area contributed by atoms with Gasteiger partial charge in [0.25, 0.3) is 5.91 Å². The smallest absolute Gasteiger partial charge is 0.273 e. The second-order valence-electron chi connectivity index (χ2n) is 5.29. The number of nitrogens with zero attached hydrogens (tertiary/aromatic N) is 2. The van der Waals surface area contributed by atoms with Crippen LogP contribution < -0.4 is 0 Å². The Hall–Kier alpha value is -1.87. The van der Waals surface area contributed by atoms with Gasteiger partial charge in [-0.25, -0.2) is 0 Å². The van der Waals surface area contributed by atoms with Crippen LogP contribution in [0.15, 0.2) is 42.6 Å². The lowest BCUT2D eigenvalue weighted by atomic mass is 10.1. The number of carbonyl (C=O) groups excluding carboxylic acids is 1. The second-order valence-corrected chi connectivity index (χ2v) is 5.69. The Kier molecular flexibility index (Phi) is 4.97. The summed E-state index contributed by atoms with van der Waals surface area (Å²) in [6.45, 7) is 6.36. The van der Waals surface area contributed by atoms with Crippen LogP contribution >= 0.6 is 11.6 Å². The molecule has 0 aliphatic rings. The van der Waals surface area contributed by atoms with Crippen molar-refractivity contribution in [3.63, 3.8) is 0 Å². The third kappa shape index (κ3) is 3.61. The van der Waals surface area contributed by atoms with Crippen LogP contribution in [0.5, 0.6) is 0 Å².